The zero-order valence-electron chi connectivity index (χ0n) is 16.0. The highest BCUT2D eigenvalue weighted by Gasteiger charge is 2.28. The molecule has 0 saturated carbocycles. The molecule has 1 aliphatic rings. The number of methoxy groups -OCH3 is 1. The van der Waals surface area contributed by atoms with Crippen LogP contribution in [-0.2, 0) is 6.54 Å². The molecule has 2 aromatic carbocycles. The summed E-state index contributed by atoms with van der Waals surface area (Å²) in [5.74, 6) is 1.62. The van der Waals surface area contributed by atoms with E-state index in [1.807, 2.05) is 48.5 Å². The first-order valence-corrected chi connectivity index (χ1v) is 9.48. The Morgan fingerprint density at radius 3 is 2.72 bits per heavy atom. The molecule has 148 valence electrons. The minimum absolute atomic E-state index is 0.167. The molecular formula is C21H20ClN5O2. The number of ether oxygens (including phenoxy) is 1. The second kappa shape index (κ2) is 7.97. The van der Waals surface area contributed by atoms with Gasteiger partial charge in [-0.1, -0.05) is 41.9 Å². The van der Waals surface area contributed by atoms with Crippen LogP contribution >= 0.6 is 11.6 Å². The average molecular weight is 410 g/mol. The van der Waals surface area contributed by atoms with Gasteiger partial charge in [0.05, 0.1) is 13.7 Å². The van der Waals surface area contributed by atoms with Crippen LogP contribution in [0.15, 0.2) is 64.4 Å². The van der Waals surface area contributed by atoms with Gasteiger partial charge in [0.15, 0.2) is 5.96 Å². The third-order valence-electron chi connectivity index (χ3n) is 4.61. The number of aliphatic imine (C=N–C) groups is 1. The monoisotopic (exact) mass is 409 g/mol. The fraction of sp³-hybridized carbons (Fsp3) is 0.190. The van der Waals surface area contributed by atoms with Crippen LogP contribution in [0, 0.1) is 6.92 Å². The molecule has 0 amide bonds. The van der Waals surface area contributed by atoms with Crippen LogP contribution in [0.3, 0.4) is 0 Å². The van der Waals surface area contributed by atoms with Gasteiger partial charge in [-0.15, -0.1) is 0 Å². The lowest BCUT2D eigenvalue weighted by Crippen LogP contribution is -2.48. The number of fused-ring (bicyclic) bond motifs is 1. The van der Waals surface area contributed by atoms with Crippen molar-refractivity contribution in [1.82, 2.24) is 14.9 Å². The van der Waals surface area contributed by atoms with Gasteiger partial charge < -0.3 is 10.1 Å². The van der Waals surface area contributed by atoms with E-state index in [2.05, 4.69) is 20.6 Å². The third kappa shape index (κ3) is 3.95. The van der Waals surface area contributed by atoms with Crippen molar-refractivity contribution in [2.75, 3.05) is 12.4 Å². The highest BCUT2D eigenvalue weighted by atomic mass is 35.5. The Labute approximate surface area is 173 Å². The fourth-order valence-corrected chi connectivity index (χ4v) is 3.36. The number of nitrogens with zero attached hydrogens (tertiary/aromatic N) is 3. The molecule has 4 rings (SSSR count). The first-order valence-electron chi connectivity index (χ1n) is 9.10. The number of aromatic nitrogens is 2. The van der Waals surface area contributed by atoms with Crippen molar-refractivity contribution in [3.8, 4) is 5.75 Å². The topological polar surface area (TPSA) is 80.5 Å². The summed E-state index contributed by atoms with van der Waals surface area (Å²) in [6, 6.07) is 16.6. The lowest BCUT2D eigenvalue weighted by molar-refractivity contribution is 0.395. The summed E-state index contributed by atoms with van der Waals surface area (Å²) in [4.78, 5) is 21.9. The molecule has 1 atom stereocenters. The standard InChI is InChI=1S/C21H20ClN5O2/c1-13-11-18(28)27-19(16-5-3-4-6-17(16)29-2)25-20(26-21(27)24-13)23-12-14-7-9-15(22)10-8-14/h3-11,19H,12H2,1-2H3,(H2,23,24,25,26)/t19-/m0/s1. The summed E-state index contributed by atoms with van der Waals surface area (Å²) in [5, 5.41) is 7.10. The number of guanidine groups is 1. The number of para-hydroxylation sites is 1. The van der Waals surface area contributed by atoms with E-state index in [1.165, 1.54) is 6.07 Å². The molecule has 0 unspecified atom stereocenters. The van der Waals surface area contributed by atoms with E-state index >= 15 is 0 Å². The van der Waals surface area contributed by atoms with Crippen LogP contribution in [0.1, 0.15) is 23.0 Å². The van der Waals surface area contributed by atoms with Crippen molar-refractivity contribution in [2.45, 2.75) is 19.6 Å². The highest BCUT2D eigenvalue weighted by Crippen LogP contribution is 2.28. The zero-order valence-corrected chi connectivity index (χ0v) is 16.8. The lowest BCUT2D eigenvalue weighted by Gasteiger charge is -2.31. The Morgan fingerprint density at radius 1 is 1.21 bits per heavy atom. The molecular weight excluding hydrogens is 390 g/mol. The van der Waals surface area contributed by atoms with Crippen molar-refractivity contribution in [3.05, 3.63) is 86.8 Å². The summed E-state index contributed by atoms with van der Waals surface area (Å²) in [6.07, 6.45) is -0.507. The number of hydrogen-bond acceptors (Lipinski definition) is 4. The maximum absolute atomic E-state index is 12.7. The molecule has 0 bridgehead atoms. The normalized spacial score (nSPS) is 16.7. The van der Waals surface area contributed by atoms with Gasteiger partial charge in [0, 0.05) is 22.3 Å². The van der Waals surface area contributed by atoms with Gasteiger partial charge in [-0.05, 0) is 30.7 Å². The quantitative estimate of drug-likeness (QED) is 0.690. The summed E-state index contributed by atoms with van der Waals surface area (Å²) in [6.45, 7) is 2.23. The lowest BCUT2D eigenvalue weighted by atomic mass is 10.1. The second-order valence-corrected chi connectivity index (χ2v) is 7.07. The Hall–Kier alpha value is -3.32. The molecule has 0 saturated heterocycles. The zero-order chi connectivity index (χ0) is 20.4. The average Bonchev–Trinajstić information content (AvgIpc) is 2.72. The van der Waals surface area contributed by atoms with E-state index in [0.29, 0.717) is 34.9 Å². The van der Waals surface area contributed by atoms with E-state index < -0.39 is 6.17 Å². The minimum Gasteiger partial charge on any atom is -0.496 e. The molecule has 8 heteroatoms. The van der Waals surface area contributed by atoms with Crippen LogP contribution in [0.4, 0.5) is 5.95 Å². The summed E-state index contributed by atoms with van der Waals surface area (Å²) in [7, 11) is 1.60. The summed E-state index contributed by atoms with van der Waals surface area (Å²) in [5.41, 5.74) is 2.29. The molecule has 0 radical (unpaired) electrons. The van der Waals surface area contributed by atoms with Crippen LogP contribution < -0.4 is 20.9 Å². The van der Waals surface area contributed by atoms with Gasteiger partial charge in [-0.25, -0.2) is 9.98 Å². The molecule has 2 heterocycles. The van der Waals surface area contributed by atoms with E-state index in [9.17, 15) is 4.79 Å². The van der Waals surface area contributed by atoms with Crippen molar-refractivity contribution >= 4 is 23.5 Å². The highest BCUT2D eigenvalue weighted by molar-refractivity contribution is 6.30. The van der Waals surface area contributed by atoms with Gasteiger partial charge in [0.1, 0.15) is 11.9 Å². The number of aryl methyl sites for hydroxylation is 1. The van der Waals surface area contributed by atoms with Crippen LogP contribution in [0.25, 0.3) is 0 Å². The van der Waals surface area contributed by atoms with Crippen LogP contribution in [0.5, 0.6) is 5.75 Å². The first kappa shape index (κ1) is 19.0. The van der Waals surface area contributed by atoms with Gasteiger partial charge in [0.2, 0.25) is 5.95 Å². The number of anilines is 1. The van der Waals surface area contributed by atoms with Crippen molar-refractivity contribution in [2.24, 2.45) is 4.99 Å². The summed E-state index contributed by atoms with van der Waals surface area (Å²) >= 11 is 5.95. The molecule has 29 heavy (non-hydrogen) atoms. The third-order valence-corrected chi connectivity index (χ3v) is 4.86. The van der Waals surface area contributed by atoms with Gasteiger partial charge in [-0.3, -0.25) is 14.7 Å². The Bertz CT molecular complexity index is 1120. The molecule has 7 nitrogen and oxygen atoms in total. The van der Waals surface area contributed by atoms with E-state index in [1.54, 1.807) is 18.6 Å². The number of benzene rings is 2. The van der Waals surface area contributed by atoms with E-state index in [-0.39, 0.29) is 5.56 Å². The van der Waals surface area contributed by atoms with E-state index in [4.69, 9.17) is 16.3 Å². The fourth-order valence-electron chi connectivity index (χ4n) is 3.23. The van der Waals surface area contributed by atoms with Gasteiger partial charge in [0.25, 0.3) is 5.56 Å². The number of rotatable bonds is 4. The predicted molar refractivity (Wildman–Crippen MR) is 114 cm³/mol. The molecule has 0 spiro atoms. The molecule has 0 fully saturated rings. The molecule has 1 aliphatic heterocycles. The van der Waals surface area contributed by atoms with Crippen molar-refractivity contribution < 1.29 is 4.74 Å². The van der Waals surface area contributed by atoms with Crippen molar-refractivity contribution in [1.29, 1.82) is 0 Å². The number of nitrogens with one attached hydrogen (secondary N) is 2. The molecule has 0 aliphatic carbocycles. The largest absolute Gasteiger partial charge is 0.496 e. The number of halogens is 1. The van der Waals surface area contributed by atoms with E-state index in [0.717, 1.165) is 11.1 Å². The molecule has 1 aromatic heterocycles. The first-order chi connectivity index (χ1) is 14.0. The Morgan fingerprint density at radius 2 is 1.97 bits per heavy atom. The molecule has 2 N–H and O–H groups in total. The molecule has 3 aromatic rings. The maximum Gasteiger partial charge on any atom is 0.257 e. The van der Waals surface area contributed by atoms with Crippen LogP contribution in [0.2, 0.25) is 5.02 Å². The number of hydrogen-bond donors (Lipinski definition) is 2. The Balaban J connectivity index is 1.75. The van der Waals surface area contributed by atoms with Crippen molar-refractivity contribution in [3.63, 3.8) is 0 Å². The van der Waals surface area contributed by atoms with Gasteiger partial charge in [-0.2, -0.15) is 0 Å². The predicted octanol–water partition coefficient (Wildman–Crippen LogP) is 3.33. The van der Waals surface area contributed by atoms with Crippen LogP contribution in [-0.4, -0.2) is 22.6 Å². The smallest absolute Gasteiger partial charge is 0.257 e. The maximum atomic E-state index is 12.7. The minimum atomic E-state index is -0.507. The summed E-state index contributed by atoms with van der Waals surface area (Å²) < 4.78 is 7.07. The Kier molecular flexibility index (Phi) is 5.22. The van der Waals surface area contributed by atoms with Gasteiger partial charge >= 0.3 is 0 Å². The second-order valence-electron chi connectivity index (χ2n) is 6.63. The SMILES string of the molecule is COc1ccccc1[C@H]1NC(=NCc2ccc(Cl)cc2)Nc2nc(C)cc(=O)n21.